The summed E-state index contributed by atoms with van der Waals surface area (Å²) in [4.78, 5) is 38.0. The minimum atomic E-state index is -0.901. The Balaban J connectivity index is 1.78. The van der Waals surface area contributed by atoms with Gasteiger partial charge in [0, 0.05) is 25.0 Å². The number of rotatable bonds is 7. The van der Waals surface area contributed by atoms with E-state index in [-0.39, 0.29) is 30.5 Å². The van der Waals surface area contributed by atoms with Crippen molar-refractivity contribution in [1.82, 2.24) is 10.3 Å². The Labute approximate surface area is 130 Å². The van der Waals surface area contributed by atoms with E-state index in [1.165, 1.54) is 5.38 Å². The predicted octanol–water partition coefficient (Wildman–Crippen LogP) is 0.855. The zero-order valence-electron chi connectivity index (χ0n) is 11.8. The second-order valence-corrected chi connectivity index (χ2v) is 5.64. The van der Waals surface area contributed by atoms with Crippen molar-refractivity contribution in [1.29, 1.82) is 0 Å². The normalized spacial score (nSPS) is 17.2. The molecule has 3 N–H and O–H groups in total. The van der Waals surface area contributed by atoms with Gasteiger partial charge >= 0.3 is 5.97 Å². The summed E-state index contributed by atoms with van der Waals surface area (Å²) in [5.74, 6) is -1.54. The third-order valence-electron chi connectivity index (χ3n) is 3.04. The minimum Gasteiger partial charge on any atom is -0.481 e. The Morgan fingerprint density at radius 1 is 1.45 bits per heavy atom. The number of carboxylic acids is 1. The average molecular weight is 327 g/mol. The third-order valence-corrected chi connectivity index (χ3v) is 3.80. The second kappa shape index (κ2) is 7.85. The summed E-state index contributed by atoms with van der Waals surface area (Å²) in [6.45, 7) is 0.847. The number of aliphatic carboxylic acids is 1. The highest BCUT2D eigenvalue weighted by atomic mass is 32.1. The summed E-state index contributed by atoms with van der Waals surface area (Å²) in [6.07, 6.45) is 1.46. The molecule has 2 rings (SSSR count). The lowest BCUT2D eigenvalue weighted by Crippen LogP contribution is -2.27. The molecule has 1 atom stereocenters. The second-order valence-electron chi connectivity index (χ2n) is 4.78. The minimum absolute atomic E-state index is 0.0000410. The molecule has 2 amide bonds. The molecule has 9 heteroatoms. The first-order chi connectivity index (χ1) is 10.6. The summed E-state index contributed by atoms with van der Waals surface area (Å²) in [5.41, 5.74) is 0.197. The van der Waals surface area contributed by atoms with Gasteiger partial charge in [-0.15, -0.1) is 11.3 Å². The summed E-state index contributed by atoms with van der Waals surface area (Å²) >= 11 is 1.16. The molecule has 0 saturated carbocycles. The van der Waals surface area contributed by atoms with E-state index in [2.05, 4.69) is 15.6 Å². The van der Waals surface area contributed by atoms with Gasteiger partial charge in [0.15, 0.2) is 5.13 Å². The molecule has 1 aliphatic rings. The Bertz CT molecular complexity index is 554. The highest BCUT2D eigenvalue weighted by molar-refractivity contribution is 7.14. The molecule has 0 radical (unpaired) electrons. The molecular formula is C13H17N3O5S. The van der Waals surface area contributed by atoms with E-state index in [1.54, 1.807) is 0 Å². The van der Waals surface area contributed by atoms with Crippen LogP contribution in [0.25, 0.3) is 0 Å². The number of nitrogens with zero attached hydrogens (tertiary/aromatic N) is 1. The highest BCUT2D eigenvalue weighted by Gasteiger charge is 2.24. The molecule has 1 unspecified atom stereocenters. The maximum atomic E-state index is 11.8. The number of carbonyl (C=O) groups is 3. The van der Waals surface area contributed by atoms with Crippen molar-refractivity contribution in [3.05, 3.63) is 11.1 Å². The summed E-state index contributed by atoms with van der Waals surface area (Å²) < 4.78 is 5.26. The van der Waals surface area contributed by atoms with Gasteiger partial charge in [0.25, 0.3) is 11.8 Å². The van der Waals surface area contributed by atoms with Crippen molar-refractivity contribution >= 4 is 34.3 Å². The SMILES string of the molecule is O=C(O)CCCNC(=O)c1csc(NC(=O)C2CCCO2)n1. The van der Waals surface area contributed by atoms with Gasteiger partial charge in [-0.2, -0.15) is 0 Å². The van der Waals surface area contributed by atoms with Crippen molar-refractivity contribution < 1.29 is 24.2 Å². The number of hydrogen-bond acceptors (Lipinski definition) is 6. The molecule has 2 heterocycles. The monoisotopic (exact) mass is 327 g/mol. The van der Waals surface area contributed by atoms with Crippen LogP contribution in [0.1, 0.15) is 36.2 Å². The average Bonchev–Trinajstić information content (AvgIpc) is 3.14. The van der Waals surface area contributed by atoms with E-state index >= 15 is 0 Å². The van der Waals surface area contributed by atoms with Crippen LogP contribution in [0.3, 0.4) is 0 Å². The van der Waals surface area contributed by atoms with Crippen LogP contribution in [-0.4, -0.2) is 47.1 Å². The van der Waals surface area contributed by atoms with Crippen LogP contribution < -0.4 is 10.6 Å². The van der Waals surface area contributed by atoms with Crippen LogP contribution in [0.5, 0.6) is 0 Å². The Hall–Kier alpha value is -2.00. The van der Waals surface area contributed by atoms with E-state index in [4.69, 9.17) is 9.84 Å². The molecule has 0 spiro atoms. The maximum absolute atomic E-state index is 11.8. The van der Waals surface area contributed by atoms with Gasteiger partial charge in [0.05, 0.1) is 0 Å². The number of thiazole rings is 1. The smallest absolute Gasteiger partial charge is 0.303 e. The topological polar surface area (TPSA) is 118 Å². The van der Waals surface area contributed by atoms with Crippen molar-refractivity contribution in [3.63, 3.8) is 0 Å². The molecule has 1 aliphatic heterocycles. The third kappa shape index (κ3) is 4.78. The Morgan fingerprint density at radius 3 is 2.95 bits per heavy atom. The van der Waals surface area contributed by atoms with Crippen LogP contribution in [0.4, 0.5) is 5.13 Å². The number of hydrogen-bond donors (Lipinski definition) is 3. The van der Waals surface area contributed by atoms with Crippen molar-refractivity contribution in [2.24, 2.45) is 0 Å². The number of anilines is 1. The lowest BCUT2D eigenvalue weighted by molar-refractivity contribution is -0.137. The predicted molar refractivity (Wildman–Crippen MR) is 78.9 cm³/mol. The first-order valence-corrected chi connectivity index (χ1v) is 7.82. The molecule has 0 bridgehead atoms. The molecule has 0 aromatic carbocycles. The summed E-state index contributed by atoms with van der Waals surface area (Å²) in [6, 6.07) is 0. The molecule has 120 valence electrons. The number of nitrogens with one attached hydrogen (secondary N) is 2. The van der Waals surface area contributed by atoms with Crippen molar-refractivity contribution in [2.45, 2.75) is 31.8 Å². The first-order valence-electron chi connectivity index (χ1n) is 6.94. The van der Waals surface area contributed by atoms with Gasteiger partial charge < -0.3 is 15.2 Å². The van der Waals surface area contributed by atoms with Gasteiger partial charge in [0.1, 0.15) is 11.8 Å². The standard InChI is InChI=1S/C13H17N3O5S/c17-10(18)4-1-5-14-11(19)8-7-22-13(15-8)16-12(20)9-3-2-6-21-9/h7,9H,1-6H2,(H,14,19)(H,17,18)(H,15,16,20). The zero-order valence-corrected chi connectivity index (χ0v) is 12.6. The molecular weight excluding hydrogens is 310 g/mol. The first kappa shape index (κ1) is 16.4. The van der Waals surface area contributed by atoms with Gasteiger partial charge in [-0.25, -0.2) is 4.98 Å². The zero-order chi connectivity index (χ0) is 15.9. The van der Waals surface area contributed by atoms with Crippen LogP contribution >= 0.6 is 11.3 Å². The Kier molecular flexibility index (Phi) is 5.84. The lowest BCUT2D eigenvalue weighted by atomic mass is 10.2. The number of aromatic nitrogens is 1. The van der Waals surface area contributed by atoms with Crippen LogP contribution in [-0.2, 0) is 14.3 Å². The van der Waals surface area contributed by atoms with E-state index in [0.717, 1.165) is 17.8 Å². The molecule has 22 heavy (non-hydrogen) atoms. The van der Waals surface area contributed by atoms with Gasteiger partial charge in [-0.1, -0.05) is 0 Å². The fourth-order valence-electron chi connectivity index (χ4n) is 1.94. The summed E-state index contributed by atoms with van der Waals surface area (Å²) in [5, 5.41) is 15.6. The van der Waals surface area contributed by atoms with E-state index in [1.807, 2.05) is 0 Å². The molecule has 1 fully saturated rings. The molecule has 1 aromatic rings. The molecule has 1 aromatic heterocycles. The largest absolute Gasteiger partial charge is 0.481 e. The number of carboxylic acid groups (broad SMARTS) is 1. The fraction of sp³-hybridized carbons (Fsp3) is 0.538. The van der Waals surface area contributed by atoms with Gasteiger partial charge in [-0.3, -0.25) is 19.7 Å². The summed E-state index contributed by atoms with van der Waals surface area (Å²) in [7, 11) is 0. The molecule has 0 aliphatic carbocycles. The number of amides is 2. The maximum Gasteiger partial charge on any atom is 0.303 e. The lowest BCUT2D eigenvalue weighted by Gasteiger charge is -2.07. The van der Waals surface area contributed by atoms with Crippen LogP contribution in [0.15, 0.2) is 5.38 Å². The highest BCUT2D eigenvalue weighted by Crippen LogP contribution is 2.18. The number of ether oxygens (including phenoxy) is 1. The van der Waals surface area contributed by atoms with E-state index in [9.17, 15) is 14.4 Å². The Morgan fingerprint density at radius 2 is 2.27 bits per heavy atom. The van der Waals surface area contributed by atoms with Gasteiger partial charge in [-0.05, 0) is 19.3 Å². The van der Waals surface area contributed by atoms with E-state index < -0.39 is 12.1 Å². The molecule has 8 nitrogen and oxygen atoms in total. The van der Waals surface area contributed by atoms with E-state index in [0.29, 0.717) is 24.6 Å². The molecule has 1 saturated heterocycles. The fourth-order valence-corrected chi connectivity index (χ4v) is 2.63. The van der Waals surface area contributed by atoms with Crippen LogP contribution in [0.2, 0.25) is 0 Å². The quantitative estimate of drug-likeness (QED) is 0.639. The van der Waals surface area contributed by atoms with Crippen LogP contribution in [0, 0.1) is 0 Å². The van der Waals surface area contributed by atoms with Gasteiger partial charge in [0.2, 0.25) is 0 Å². The number of carbonyl (C=O) groups excluding carboxylic acids is 2. The van der Waals surface area contributed by atoms with Crippen molar-refractivity contribution in [3.8, 4) is 0 Å². The van der Waals surface area contributed by atoms with Crippen molar-refractivity contribution in [2.75, 3.05) is 18.5 Å².